The van der Waals surface area contributed by atoms with Crippen LogP contribution in [0, 0.1) is 13.8 Å². The van der Waals surface area contributed by atoms with Crippen molar-refractivity contribution in [2.45, 2.75) is 33.8 Å². The maximum absolute atomic E-state index is 13.2. The van der Waals surface area contributed by atoms with Crippen molar-refractivity contribution < 1.29 is 14.3 Å². The smallest absolute Gasteiger partial charge is 0.339 e. The van der Waals surface area contributed by atoms with Gasteiger partial charge in [0.15, 0.2) is 6.10 Å². The summed E-state index contributed by atoms with van der Waals surface area (Å²) in [5.74, 6) is -0.755. The highest BCUT2D eigenvalue weighted by atomic mass is 16.5. The van der Waals surface area contributed by atoms with E-state index in [-0.39, 0.29) is 5.78 Å². The van der Waals surface area contributed by atoms with E-state index in [9.17, 15) is 9.59 Å². The molecule has 0 radical (unpaired) electrons. The molecule has 0 bridgehead atoms. The molecule has 0 spiro atoms. The Kier molecular flexibility index (Phi) is 7.24. The first-order chi connectivity index (χ1) is 14.9. The van der Waals surface area contributed by atoms with E-state index in [4.69, 9.17) is 4.74 Å². The largest absolute Gasteiger partial charge is 0.445 e. The molecule has 0 aliphatic carbocycles. The number of aryl methyl sites for hydroxylation is 2. The number of hydrogen-bond donors (Lipinski definition) is 0. The zero-order valence-electron chi connectivity index (χ0n) is 18.6. The van der Waals surface area contributed by atoms with Crippen LogP contribution in [0.1, 0.15) is 57.4 Å². The number of hydrogen-bond acceptors (Lipinski definition) is 4. The predicted octanol–water partition coefficient (Wildman–Crippen LogP) is 5.93. The van der Waals surface area contributed by atoms with Gasteiger partial charge in [-0.2, -0.15) is 0 Å². The Balaban J connectivity index is 1.87. The van der Waals surface area contributed by atoms with Crippen LogP contribution in [-0.4, -0.2) is 24.8 Å². The molecule has 1 atom stereocenters. The number of rotatable bonds is 8. The van der Waals surface area contributed by atoms with E-state index in [1.165, 1.54) is 0 Å². The van der Waals surface area contributed by atoms with E-state index in [0.717, 1.165) is 29.9 Å². The lowest BCUT2D eigenvalue weighted by molar-refractivity contribution is 0.0280. The second kappa shape index (κ2) is 10.1. The van der Waals surface area contributed by atoms with Crippen molar-refractivity contribution in [2.24, 2.45) is 0 Å². The van der Waals surface area contributed by atoms with Crippen molar-refractivity contribution in [1.29, 1.82) is 0 Å². The number of anilines is 1. The van der Waals surface area contributed by atoms with Gasteiger partial charge in [0.1, 0.15) is 0 Å². The van der Waals surface area contributed by atoms with Crippen LogP contribution in [0.2, 0.25) is 0 Å². The first-order valence-electron chi connectivity index (χ1n) is 10.7. The third-order valence-electron chi connectivity index (χ3n) is 5.41. The molecule has 3 aromatic carbocycles. The molecule has 0 saturated heterocycles. The van der Waals surface area contributed by atoms with E-state index >= 15 is 0 Å². The minimum absolute atomic E-state index is 0.239. The topological polar surface area (TPSA) is 46.6 Å². The monoisotopic (exact) mass is 415 g/mol. The van der Waals surface area contributed by atoms with E-state index in [0.29, 0.717) is 16.7 Å². The molecule has 0 amide bonds. The summed E-state index contributed by atoms with van der Waals surface area (Å²) in [5.41, 5.74) is 4.78. The second-order valence-corrected chi connectivity index (χ2v) is 7.65. The van der Waals surface area contributed by atoms with Crippen molar-refractivity contribution in [3.63, 3.8) is 0 Å². The Hall–Kier alpha value is -3.40. The molecule has 0 N–H and O–H groups in total. The van der Waals surface area contributed by atoms with Gasteiger partial charge in [0.2, 0.25) is 5.78 Å². The zero-order chi connectivity index (χ0) is 22.4. The molecule has 0 aliphatic heterocycles. The first-order valence-corrected chi connectivity index (χ1v) is 10.7. The number of Topliss-reactive ketones (excluding diaryl/α,β-unsaturated/α-hetero) is 1. The number of esters is 1. The SMILES string of the molecule is CCN(CC)c1ccc(C(=O)OC(C(=O)c2ccc(C)cc2)c2ccc(C)cc2)cc1. The standard InChI is InChI=1S/C27H29NO3/c1-5-28(6-2)24-17-15-23(16-18-24)27(30)31-26(22-13-9-20(4)10-14-22)25(29)21-11-7-19(3)8-12-21/h7-18,26H,5-6H2,1-4H3. The molecule has 0 aromatic heterocycles. The van der Waals surface area contributed by atoms with Gasteiger partial charge in [0.25, 0.3) is 0 Å². The van der Waals surface area contributed by atoms with E-state index in [2.05, 4.69) is 18.7 Å². The highest BCUT2D eigenvalue weighted by Gasteiger charge is 2.27. The zero-order valence-corrected chi connectivity index (χ0v) is 18.6. The van der Waals surface area contributed by atoms with Crippen LogP contribution in [0.5, 0.6) is 0 Å². The number of benzene rings is 3. The highest BCUT2D eigenvalue weighted by Crippen LogP contribution is 2.25. The van der Waals surface area contributed by atoms with Gasteiger partial charge >= 0.3 is 5.97 Å². The van der Waals surface area contributed by atoms with Crippen LogP contribution in [0.3, 0.4) is 0 Å². The molecule has 3 aromatic rings. The van der Waals surface area contributed by atoms with Crippen LogP contribution < -0.4 is 4.90 Å². The highest BCUT2D eigenvalue weighted by molar-refractivity contribution is 6.02. The normalized spacial score (nSPS) is 11.6. The number of carbonyl (C=O) groups is 2. The number of ketones is 1. The Bertz CT molecular complexity index is 1020. The molecule has 160 valence electrons. The van der Waals surface area contributed by atoms with Crippen molar-refractivity contribution in [3.8, 4) is 0 Å². The van der Waals surface area contributed by atoms with Crippen molar-refractivity contribution in [1.82, 2.24) is 0 Å². The Morgan fingerprint density at radius 2 is 1.23 bits per heavy atom. The average molecular weight is 416 g/mol. The van der Waals surface area contributed by atoms with Gasteiger partial charge < -0.3 is 9.64 Å². The van der Waals surface area contributed by atoms with E-state index < -0.39 is 12.1 Å². The number of nitrogens with zero attached hydrogens (tertiary/aromatic N) is 1. The fraction of sp³-hybridized carbons (Fsp3) is 0.259. The summed E-state index contributed by atoms with van der Waals surface area (Å²) in [6.07, 6.45) is -1.00. The molecule has 3 rings (SSSR count). The third kappa shape index (κ3) is 5.40. The third-order valence-corrected chi connectivity index (χ3v) is 5.41. The van der Waals surface area contributed by atoms with Gasteiger partial charge in [-0.1, -0.05) is 59.7 Å². The lowest BCUT2D eigenvalue weighted by Gasteiger charge is -2.21. The van der Waals surface area contributed by atoms with Crippen LogP contribution in [0.25, 0.3) is 0 Å². The minimum atomic E-state index is -1.00. The number of carbonyl (C=O) groups excluding carboxylic acids is 2. The van der Waals surface area contributed by atoms with Crippen LogP contribution >= 0.6 is 0 Å². The molecule has 31 heavy (non-hydrogen) atoms. The average Bonchev–Trinajstić information content (AvgIpc) is 2.79. The molecule has 4 nitrogen and oxygen atoms in total. The summed E-state index contributed by atoms with van der Waals surface area (Å²) >= 11 is 0. The predicted molar refractivity (Wildman–Crippen MR) is 125 cm³/mol. The Morgan fingerprint density at radius 3 is 1.74 bits per heavy atom. The van der Waals surface area contributed by atoms with E-state index in [1.807, 2.05) is 62.4 Å². The fourth-order valence-electron chi connectivity index (χ4n) is 3.46. The van der Waals surface area contributed by atoms with Crippen LogP contribution in [0.4, 0.5) is 5.69 Å². The summed E-state index contributed by atoms with van der Waals surface area (Å²) in [6, 6.07) is 22.1. The van der Waals surface area contributed by atoms with Gasteiger partial charge in [-0.05, 0) is 52.0 Å². The molecule has 0 saturated carbocycles. The Labute approximate surface area is 184 Å². The van der Waals surface area contributed by atoms with Crippen molar-refractivity contribution in [3.05, 3.63) is 101 Å². The fourth-order valence-corrected chi connectivity index (χ4v) is 3.46. The minimum Gasteiger partial charge on any atom is -0.445 e. The summed E-state index contributed by atoms with van der Waals surface area (Å²) in [7, 11) is 0. The van der Waals surface area contributed by atoms with Gasteiger partial charge in [-0.15, -0.1) is 0 Å². The van der Waals surface area contributed by atoms with E-state index in [1.54, 1.807) is 24.3 Å². The lowest BCUT2D eigenvalue weighted by Crippen LogP contribution is -2.22. The van der Waals surface area contributed by atoms with Gasteiger partial charge in [0.05, 0.1) is 5.56 Å². The first kappa shape index (κ1) is 22.3. The molecular weight excluding hydrogens is 386 g/mol. The summed E-state index contributed by atoms with van der Waals surface area (Å²) < 4.78 is 5.76. The summed E-state index contributed by atoms with van der Waals surface area (Å²) in [5, 5.41) is 0. The molecule has 4 heteroatoms. The van der Waals surface area contributed by atoms with Gasteiger partial charge in [0, 0.05) is 29.9 Å². The summed E-state index contributed by atoms with van der Waals surface area (Å²) in [6.45, 7) is 9.91. The second-order valence-electron chi connectivity index (χ2n) is 7.65. The molecule has 0 heterocycles. The molecule has 0 fully saturated rings. The summed E-state index contributed by atoms with van der Waals surface area (Å²) in [4.78, 5) is 28.4. The quantitative estimate of drug-likeness (QED) is 0.338. The van der Waals surface area contributed by atoms with Gasteiger partial charge in [-0.3, -0.25) is 4.79 Å². The molecule has 1 unspecified atom stereocenters. The van der Waals surface area contributed by atoms with Crippen LogP contribution in [-0.2, 0) is 4.74 Å². The van der Waals surface area contributed by atoms with Crippen molar-refractivity contribution in [2.75, 3.05) is 18.0 Å². The lowest BCUT2D eigenvalue weighted by atomic mass is 9.98. The number of ether oxygens (including phenoxy) is 1. The molecular formula is C27H29NO3. The maximum atomic E-state index is 13.2. The van der Waals surface area contributed by atoms with Crippen LogP contribution in [0.15, 0.2) is 72.8 Å². The van der Waals surface area contributed by atoms with Gasteiger partial charge in [-0.25, -0.2) is 4.79 Å². The molecule has 0 aliphatic rings. The van der Waals surface area contributed by atoms with Crippen molar-refractivity contribution >= 4 is 17.4 Å². The maximum Gasteiger partial charge on any atom is 0.339 e. The Morgan fingerprint density at radius 1 is 0.742 bits per heavy atom.